The maximum absolute atomic E-state index is 11.0. The number of benzene rings is 1. The highest BCUT2D eigenvalue weighted by Crippen LogP contribution is 2.26. The zero-order chi connectivity index (χ0) is 15.1. The van der Waals surface area contributed by atoms with E-state index >= 15 is 0 Å². The summed E-state index contributed by atoms with van der Waals surface area (Å²) in [5.41, 5.74) is 1.85. The number of anilines is 1. The Morgan fingerprint density at radius 1 is 1.35 bits per heavy atom. The third-order valence-electron chi connectivity index (χ3n) is 3.25. The predicted molar refractivity (Wildman–Crippen MR) is 83.1 cm³/mol. The summed E-state index contributed by atoms with van der Waals surface area (Å²) in [4.78, 5) is 13.0. The molecule has 0 heterocycles. The second-order valence-corrected chi connectivity index (χ2v) is 5.20. The zero-order valence-electron chi connectivity index (χ0n) is 12.8. The van der Waals surface area contributed by atoms with Crippen LogP contribution >= 0.6 is 0 Å². The summed E-state index contributed by atoms with van der Waals surface area (Å²) in [5, 5.41) is 14.1. The van der Waals surface area contributed by atoms with E-state index in [-0.39, 0.29) is 10.6 Å². The van der Waals surface area contributed by atoms with Crippen molar-refractivity contribution in [1.82, 2.24) is 4.90 Å². The van der Waals surface area contributed by atoms with E-state index < -0.39 is 0 Å². The van der Waals surface area contributed by atoms with Crippen LogP contribution in [0, 0.1) is 10.1 Å². The van der Waals surface area contributed by atoms with Gasteiger partial charge in [-0.25, -0.2) is 0 Å². The lowest BCUT2D eigenvalue weighted by Crippen LogP contribution is -2.31. The number of hydrogen-bond donors (Lipinski definition) is 1. The molecular formula is C15H25N3O2. The molecule has 1 aromatic rings. The topological polar surface area (TPSA) is 58.4 Å². The van der Waals surface area contributed by atoms with Crippen molar-refractivity contribution in [2.45, 2.75) is 46.7 Å². The summed E-state index contributed by atoms with van der Waals surface area (Å²) in [6.45, 7) is 11.0. The third kappa shape index (κ3) is 4.49. The molecule has 0 aliphatic rings. The average molecular weight is 279 g/mol. The van der Waals surface area contributed by atoms with E-state index in [1.54, 1.807) is 6.07 Å². The largest absolute Gasteiger partial charge is 0.380 e. The van der Waals surface area contributed by atoms with E-state index in [1.165, 1.54) is 0 Å². The molecule has 0 bridgehead atoms. The summed E-state index contributed by atoms with van der Waals surface area (Å²) in [6, 6.07) is 5.81. The molecule has 0 unspecified atom stereocenters. The van der Waals surface area contributed by atoms with Gasteiger partial charge in [0.2, 0.25) is 0 Å². The standard InChI is InChI=1S/C15H25N3O2/c1-5-9-17(12(3)4)11-13-7-8-15(18(19)20)14(10-13)16-6-2/h7-8,10,12,16H,5-6,9,11H2,1-4H3. The Labute approximate surface area is 121 Å². The molecule has 0 amide bonds. The number of nitro groups is 1. The van der Waals surface area contributed by atoms with E-state index in [2.05, 4.69) is 31.0 Å². The fourth-order valence-electron chi connectivity index (χ4n) is 2.21. The van der Waals surface area contributed by atoms with Gasteiger partial charge in [-0.3, -0.25) is 15.0 Å². The summed E-state index contributed by atoms with van der Waals surface area (Å²) >= 11 is 0. The third-order valence-corrected chi connectivity index (χ3v) is 3.25. The quantitative estimate of drug-likeness (QED) is 0.583. The molecule has 5 nitrogen and oxygen atoms in total. The highest BCUT2D eigenvalue weighted by Gasteiger charge is 2.15. The number of nitro benzene ring substituents is 1. The number of nitrogens with one attached hydrogen (secondary N) is 1. The highest BCUT2D eigenvalue weighted by molar-refractivity contribution is 5.62. The van der Waals surface area contributed by atoms with Crippen LogP contribution in [0.15, 0.2) is 18.2 Å². The SMILES string of the molecule is CCCN(Cc1ccc([N+](=O)[O-])c(NCC)c1)C(C)C. The van der Waals surface area contributed by atoms with Gasteiger partial charge >= 0.3 is 0 Å². The lowest BCUT2D eigenvalue weighted by Gasteiger charge is -2.26. The molecule has 0 saturated heterocycles. The van der Waals surface area contributed by atoms with Gasteiger partial charge in [0, 0.05) is 25.2 Å². The number of hydrogen-bond acceptors (Lipinski definition) is 4. The first-order valence-electron chi connectivity index (χ1n) is 7.24. The first-order chi connectivity index (χ1) is 9.49. The minimum Gasteiger partial charge on any atom is -0.380 e. The Balaban J connectivity index is 2.95. The van der Waals surface area contributed by atoms with Crippen LogP contribution in [0.2, 0.25) is 0 Å². The number of nitrogens with zero attached hydrogens (tertiary/aromatic N) is 2. The monoisotopic (exact) mass is 279 g/mol. The molecule has 0 spiro atoms. The van der Waals surface area contributed by atoms with Crippen LogP contribution in [0.3, 0.4) is 0 Å². The van der Waals surface area contributed by atoms with Crippen molar-refractivity contribution < 1.29 is 4.92 Å². The second-order valence-electron chi connectivity index (χ2n) is 5.20. The second kappa shape index (κ2) is 7.85. The van der Waals surface area contributed by atoms with Gasteiger partial charge in [-0.05, 0) is 45.4 Å². The van der Waals surface area contributed by atoms with Crippen LogP contribution < -0.4 is 5.32 Å². The Kier molecular flexibility index (Phi) is 6.45. The smallest absolute Gasteiger partial charge is 0.292 e. The molecule has 1 N–H and O–H groups in total. The van der Waals surface area contributed by atoms with Gasteiger partial charge in [-0.2, -0.15) is 0 Å². The van der Waals surface area contributed by atoms with Gasteiger partial charge in [-0.1, -0.05) is 13.0 Å². The maximum atomic E-state index is 11.0. The Hall–Kier alpha value is -1.62. The minimum atomic E-state index is -0.339. The molecule has 112 valence electrons. The molecule has 20 heavy (non-hydrogen) atoms. The molecule has 0 atom stereocenters. The van der Waals surface area contributed by atoms with Gasteiger partial charge in [0.15, 0.2) is 0 Å². The van der Waals surface area contributed by atoms with Crippen LogP contribution in [-0.4, -0.2) is 29.0 Å². The van der Waals surface area contributed by atoms with E-state index in [9.17, 15) is 10.1 Å². The lowest BCUT2D eigenvalue weighted by molar-refractivity contribution is -0.384. The van der Waals surface area contributed by atoms with Crippen molar-refractivity contribution in [3.63, 3.8) is 0 Å². The molecular weight excluding hydrogens is 254 g/mol. The summed E-state index contributed by atoms with van der Waals surface area (Å²) in [7, 11) is 0. The van der Waals surface area contributed by atoms with E-state index in [0.717, 1.165) is 25.1 Å². The minimum absolute atomic E-state index is 0.141. The summed E-state index contributed by atoms with van der Waals surface area (Å²) in [5.74, 6) is 0. The van der Waals surface area contributed by atoms with E-state index in [0.29, 0.717) is 18.3 Å². The van der Waals surface area contributed by atoms with Crippen LogP contribution in [0.4, 0.5) is 11.4 Å². The fraction of sp³-hybridized carbons (Fsp3) is 0.600. The highest BCUT2D eigenvalue weighted by atomic mass is 16.6. The fourth-order valence-corrected chi connectivity index (χ4v) is 2.21. The normalized spacial score (nSPS) is 11.1. The Morgan fingerprint density at radius 3 is 2.55 bits per heavy atom. The van der Waals surface area contributed by atoms with Crippen molar-refractivity contribution in [3.8, 4) is 0 Å². The van der Waals surface area contributed by atoms with Crippen LogP contribution in [0.1, 0.15) is 39.7 Å². The van der Waals surface area contributed by atoms with Crippen molar-refractivity contribution in [1.29, 1.82) is 0 Å². The molecule has 0 aliphatic carbocycles. The molecule has 5 heteroatoms. The van der Waals surface area contributed by atoms with Gasteiger partial charge in [0.05, 0.1) is 4.92 Å². The first-order valence-corrected chi connectivity index (χ1v) is 7.24. The van der Waals surface area contributed by atoms with Crippen LogP contribution in [-0.2, 0) is 6.54 Å². The molecule has 0 fully saturated rings. The van der Waals surface area contributed by atoms with Gasteiger partial charge in [0.1, 0.15) is 5.69 Å². The zero-order valence-corrected chi connectivity index (χ0v) is 12.8. The molecule has 1 aromatic carbocycles. The molecule has 0 radical (unpaired) electrons. The Bertz CT molecular complexity index is 447. The lowest BCUT2D eigenvalue weighted by atomic mass is 10.1. The van der Waals surface area contributed by atoms with Gasteiger partial charge in [-0.15, -0.1) is 0 Å². The van der Waals surface area contributed by atoms with Crippen LogP contribution in [0.25, 0.3) is 0 Å². The van der Waals surface area contributed by atoms with E-state index in [1.807, 2.05) is 19.1 Å². The van der Waals surface area contributed by atoms with Crippen molar-refractivity contribution in [2.75, 3.05) is 18.4 Å². The molecule has 0 saturated carbocycles. The molecule has 0 aliphatic heterocycles. The molecule has 1 rings (SSSR count). The first kappa shape index (κ1) is 16.4. The summed E-state index contributed by atoms with van der Waals surface area (Å²) in [6.07, 6.45) is 1.10. The predicted octanol–water partition coefficient (Wildman–Crippen LogP) is 3.65. The van der Waals surface area contributed by atoms with E-state index in [4.69, 9.17) is 0 Å². The average Bonchev–Trinajstić information content (AvgIpc) is 2.38. The van der Waals surface area contributed by atoms with Gasteiger partial charge < -0.3 is 5.32 Å². The summed E-state index contributed by atoms with van der Waals surface area (Å²) < 4.78 is 0. The maximum Gasteiger partial charge on any atom is 0.292 e. The molecule has 0 aromatic heterocycles. The Morgan fingerprint density at radius 2 is 2.05 bits per heavy atom. The van der Waals surface area contributed by atoms with Gasteiger partial charge in [0.25, 0.3) is 5.69 Å². The number of rotatable bonds is 8. The van der Waals surface area contributed by atoms with Crippen molar-refractivity contribution in [3.05, 3.63) is 33.9 Å². The van der Waals surface area contributed by atoms with Crippen molar-refractivity contribution >= 4 is 11.4 Å². The van der Waals surface area contributed by atoms with Crippen LogP contribution in [0.5, 0.6) is 0 Å². The van der Waals surface area contributed by atoms with Crippen molar-refractivity contribution in [2.24, 2.45) is 0 Å².